The van der Waals surface area contributed by atoms with Crippen molar-refractivity contribution in [2.24, 2.45) is 11.8 Å². The van der Waals surface area contributed by atoms with E-state index in [9.17, 15) is 13.2 Å². The van der Waals surface area contributed by atoms with E-state index in [0.717, 1.165) is 24.2 Å². The van der Waals surface area contributed by atoms with Gasteiger partial charge in [0.15, 0.2) is 0 Å². The number of fused-ring (bicyclic) bond motifs is 1. The molecule has 0 spiro atoms. The zero-order valence-electron chi connectivity index (χ0n) is 11.7. The fourth-order valence-electron chi connectivity index (χ4n) is 3.49. The molecular weight excluding hydrogens is 310 g/mol. The Bertz CT molecular complexity index is 637. The van der Waals surface area contributed by atoms with Crippen LogP contribution in [0.2, 0.25) is 0 Å². The highest BCUT2D eigenvalue weighted by Gasteiger charge is 2.37. The van der Waals surface area contributed by atoms with Crippen LogP contribution in [0.25, 0.3) is 0 Å². The number of carboxylic acids is 1. The number of carbonyl (C=O) groups is 1. The van der Waals surface area contributed by atoms with Gasteiger partial charge in [-0.25, -0.2) is 13.2 Å². The van der Waals surface area contributed by atoms with Crippen molar-refractivity contribution < 1.29 is 18.3 Å². The first-order chi connectivity index (χ1) is 9.98. The Hall–Kier alpha value is -0.920. The van der Waals surface area contributed by atoms with E-state index < -0.39 is 16.0 Å². The van der Waals surface area contributed by atoms with Gasteiger partial charge >= 0.3 is 5.97 Å². The number of hydrogen-bond acceptors (Lipinski definition) is 4. The van der Waals surface area contributed by atoms with E-state index in [0.29, 0.717) is 24.9 Å². The molecule has 1 saturated carbocycles. The van der Waals surface area contributed by atoms with Crippen LogP contribution in [0.3, 0.4) is 0 Å². The third-order valence-electron chi connectivity index (χ3n) is 4.64. The number of aromatic carboxylic acids is 1. The summed E-state index contributed by atoms with van der Waals surface area (Å²) in [7, 11) is -3.54. The largest absolute Gasteiger partial charge is 0.477 e. The molecule has 2 aliphatic rings. The van der Waals surface area contributed by atoms with E-state index in [1.807, 2.05) is 0 Å². The standard InChI is InChI=1S/C14H19NO4S2/c16-14(17)12-5-6-13(20-12)21(18,19)15-8-7-10-3-1-2-4-11(10)9-15/h5-6,10-11H,1-4,7-9H2,(H,16,17). The molecular formula is C14H19NO4S2. The van der Waals surface area contributed by atoms with Gasteiger partial charge in [0.1, 0.15) is 9.09 Å². The van der Waals surface area contributed by atoms with Gasteiger partial charge in [0, 0.05) is 13.1 Å². The number of piperidine rings is 1. The van der Waals surface area contributed by atoms with Crippen LogP contribution in [-0.2, 0) is 10.0 Å². The average molecular weight is 329 g/mol. The van der Waals surface area contributed by atoms with Gasteiger partial charge in [-0.2, -0.15) is 4.31 Å². The summed E-state index contributed by atoms with van der Waals surface area (Å²) in [4.78, 5) is 11.0. The van der Waals surface area contributed by atoms with Crippen LogP contribution in [0, 0.1) is 11.8 Å². The van der Waals surface area contributed by atoms with Gasteiger partial charge < -0.3 is 5.11 Å². The Morgan fingerprint density at radius 3 is 2.57 bits per heavy atom. The second-order valence-corrected chi connectivity index (χ2v) is 9.13. The molecule has 0 aromatic carbocycles. The Kier molecular flexibility index (Phi) is 4.07. The van der Waals surface area contributed by atoms with Gasteiger partial charge in [-0.15, -0.1) is 11.3 Å². The number of thiophene rings is 1. The maximum absolute atomic E-state index is 12.6. The summed E-state index contributed by atoms with van der Waals surface area (Å²) in [5, 5.41) is 8.93. The lowest BCUT2D eigenvalue weighted by molar-refractivity contribution is 0.0702. The highest BCUT2D eigenvalue weighted by molar-refractivity contribution is 7.91. The lowest BCUT2D eigenvalue weighted by Gasteiger charge is -2.40. The van der Waals surface area contributed by atoms with Gasteiger partial charge in [-0.3, -0.25) is 0 Å². The van der Waals surface area contributed by atoms with E-state index in [1.165, 1.54) is 31.4 Å². The number of sulfonamides is 1. The number of rotatable bonds is 3. The molecule has 1 N–H and O–H groups in total. The zero-order valence-corrected chi connectivity index (χ0v) is 13.3. The van der Waals surface area contributed by atoms with Gasteiger partial charge in [0.05, 0.1) is 0 Å². The summed E-state index contributed by atoms with van der Waals surface area (Å²) in [6, 6.07) is 2.78. The zero-order chi connectivity index (χ0) is 15.0. The maximum Gasteiger partial charge on any atom is 0.345 e. The first kappa shape index (κ1) is 15.0. The van der Waals surface area contributed by atoms with Crippen molar-refractivity contribution in [3.63, 3.8) is 0 Å². The molecule has 2 heterocycles. The van der Waals surface area contributed by atoms with E-state index in [4.69, 9.17) is 5.11 Å². The predicted molar refractivity (Wildman–Crippen MR) is 80.1 cm³/mol. The Morgan fingerprint density at radius 2 is 1.90 bits per heavy atom. The topological polar surface area (TPSA) is 74.7 Å². The molecule has 1 aromatic rings. The predicted octanol–water partition coefficient (Wildman–Crippen LogP) is 2.65. The van der Waals surface area contributed by atoms with E-state index in [2.05, 4.69) is 0 Å². The lowest BCUT2D eigenvalue weighted by atomic mass is 9.76. The van der Waals surface area contributed by atoms with Crippen LogP contribution in [0.1, 0.15) is 41.8 Å². The molecule has 1 aliphatic heterocycles. The first-order valence-electron chi connectivity index (χ1n) is 7.32. The minimum atomic E-state index is -3.54. The van der Waals surface area contributed by atoms with Crippen molar-refractivity contribution in [3.05, 3.63) is 17.0 Å². The highest BCUT2D eigenvalue weighted by atomic mass is 32.2. The Labute approximate surface area is 128 Å². The van der Waals surface area contributed by atoms with Crippen LogP contribution in [-0.4, -0.2) is 36.9 Å². The molecule has 3 rings (SSSR count). The third kappa shape index (κ3) is 2.86. The maximum atomic E-state index is 12.6. The fourth-order valence-corrected chi connectivity index (χ4v) is 6.30. The van der Waals surface area contributed by atoms with Crippen molar-refractivity contribution >= 4 is 27.3 Å². The van der Waals surface area contributed by atoms with Gasteiger partial charge in [-0.05, 0) is 36.8 Å². The van der Waals surface area contributed by atoms with Gasteiger partial charge in [-0.1, -0.05) is 19.3 Å². The van der Waals surface area contributed by atoms with E-state index in [1.54, 1.807) is 4.31 Å². The highest BCUT2D eigenvalue weighted by Crippen LogP contribution is 2.38. The van der Waals surface area contributed by atoms with Crippen molar-refractivity contribution in [1.82, 2.24) is 4.31 Å². The second-order valence-electron chi connectivity index (χ2n) is 5.88. The molecule has 5 nitrogen and oxygen atoms in total. The molecule has 116 valence electrons. The molecule has 7 heteroatoms. The normalized spacial score (nSPS) is 27.2. The quantitative estimate of drug-likeness (QED) is 0.925. The van der Waals surface area contributed by atoms with Crippen LogP contribution < -0.4 is 0 Å². The molecule has 21 heavy (non-hydrogen) atoms. The Morgan fingerprint density at radius 1 is 1.19 bits per heavy atom. The van der Waals surface area contributed by atoms with E-state index >= 15 is 0 Å². The molecule has 0 radical (unpaired) electrons. The Balaban J connectivity index is 1.79. The average Bonchev–Trinajstić information content (AvgIpc) is 2.97. The summed E-state index contributed by atoms with van der Waals surface area (Å²) in [6.07, 6.45) is 5.72. The van der Waals surface area contributed by atoms with Crippen molar-refractivity contribution in [2.45, 2.75) is 36.3 Å². The number of hydrogen-bond donors (Lipinski definition) is 1. The minimum absolute atomic E-state index is 0.0705. The van der Waals surface area contributed by atoms with Crippen molar-refractivity contribution in [3.8, 4) is 0 Å². The molecule has 0 amide bonds. The molecule has 2 atom stereocenters. The summed E-state index contributed by atoms with van der Waals surface area (Å²) < 4.78 is 27.0. The van der Waals surface area contributed by atoms with Crippen LogP contribution in [0.15, 0.2) is 16.3 Å². The van der Waals surface area contributed by atoms with Crippen molar-refractivity contribution in [2.75, 3.05) is 13.1 Å². The molecule has 1 aliphatic carbocycles. The summed E-state index contributed by atoms with van der Waals surface area (Å²) >= 11 is 0.842. The second kappa shape index (κ2) is 5.70. The summed E-state index contributed by atoms with van der Waals surface area (Å²) in [6.45, 7) is 1.15. The molecule has 0 bridgehead atoms. The number of nitrogens with zero attached hydrogens (tertiary/aromatic N) is 1. The van der Waals surface area contributed by atoms with Gasteiger partial charge in [0.2, 0.25) is 0 Å². The number of carboxylic acid groups (broad SMARTS) is 1. The monoisotopic (exact) mass is 329 g/mol. The van der Waals surface area contributed by atoms with Crippen LogP contribution >= 0.6 is 11.3 Å². The summed E-state index contributed by atoms with van der Waals surface area (Å²) in [5.41, 5.74) is 0. The fraction of sp³-hybridized carbons (Fsp3) is 0.643. The molecule has 2 fully saturated rings. The van der Waals surface area contributed by atoms with Crippen LogP contribution in [0.4, 0.5) is 0 Å². The van der Waals surface area contributed by atoms with Gasteiger partial charge in [0.25, 0.3) is 10.0 Å². The molecule has 1 aromatic heterocycles. The molecule has 1 saturated heterocycles. The summed E-state index contributed by atoms with van der Waals surface area (Å²) in [5.74, 6) is 0.0664. The molecule has 2 unspecified atom stereocenters. The third-order valence-corrected chi connectivity index (χ3v) is 8.05. The smallest absolute Gasteiger partial charge is 0.345 e. The first-order valence-corrected chi connectivity index (χ1v) is 9.57. The van der Waals surface area contributed by atoms with Crippen molar-refractivity contribution in [1.29, 1.82) is 0 Å². The SMILES string of the molecule is O=C(O)c1ccc(S(=O)(=O)N2CCC3CCCCC3C2)s1. The van der Waals surface area contributed by atoms with E-state index in [-0.39, 0.29) is 9.09 Å². The minimum Gasteiger partial charge on any atom is -0.477 e. The van der Waals surface area contributed by atoms with Crippen LogP contribution in [0.5, 0.6) is 0 Å². The lowest BCUT2D eigenvalue weighted by Crippen LogP contribution is -2.44.